The molecule has 1 saturated heterocycles. The highest BCUT2D eigenvalue weighted by atomic mass is 16.6. The molecular weight excluding hydrogens is 493 g/mol. The minimum atomic E-state index is -1.49. The summed E-state index contributed by atoms with van der Waals surface area (Å²) in [6.45, 7) is 3.80. The molecule has 0 aliphatic carbocycles. The van der Waals surface area contributed by atoms with E-state index in [1.165, 1.54) is 23.5 Å². The lowest BCUT2D eigenvalue weighted by atomic mass is 9.72. The molecule has 2 amide bonds. The number of aromatic nitrogens is 2. The number of benzene rings is 1. The molecule has 3 rings (SSSR count). The highest BCUT2D eigenvalue weighted by molar-refractivity contribution is 6.50. The van der Waals surface area contributed by atoms with Gasteiger partial charge in [0, 0.05) is 18.8 Å². The van der Waals surface area contributed by atoms with Gasteiger partial charge in [0.1, 0.15) is 17.8 Å². The lowest BCUT2D eigenvalue weighted by molar-refractivity contribution is -0.165. The molecule has 4 atom stereocenters. The molecule has 1 fully saturated rings. The van der Waals surface area contributed by atoms with E-state index < -0.39 is 55.0 Å². The number of aliphatic carboxylic acids is 1. The fourth-order valence-electron chi connectivity index (χ4n) is 4.14. The molecule has 0 radical (unpaired) electrons. The van der Waals surface area contributed by atoms with Crippen LogP contribution in [0.2, 0.25) is 0 Å². The number of carboxylic acid groups (broad SMARTS) is 1. The Hall–Kier alpha value is -3.84. The van der Waals surface area contributed by atoms with Gasteiger partial charge < -0.3 is 25.0 Å². The number of carboxylic acids is 1. The van der Waals surface area contributed by atoms with Crippen LogP contribution in [-0.4, -0.2) is 89.1 Å². The summed E-state index contributed by atoms with van der Waals surface area (Å²) >= 11 is 0. The maximum absolute atomic E-state index is 13.5. The van der Waals surface area contributed by atoms with Crippen LogP contribution in [0.15, 0.2) is 48.9 Å². The predicted octanol–water partition coefficient (Wildman–Crippen LogP) is 0.333. The molecule has 2 aromatic rings. The summed E-state index contributed by atoms with van der Waals surface area (Å²) in [5.74, 6) is -4.08. The van der Waals surface area contributed by atoms with E-state index in [0.717, 1.165) is 5.56 Å². The zero-order chi connectivity index (χ0) is 27.8. The van der Waals surface area contributed by atoms with Crippen molar-refractivity contribution in [2.24, 2.45) is 5.92 Å². The molecular formula is C25H32BN5O7. The first kappa shape index (κ1) is 28.7. The minimum absolute atomic E-state index is 0.0270. The first-order valence-electron chi connectivity index (χ1n) is 12.2. The fraction of sp³-hybridized carbons (Fsp3) is 0.440. The number of rotatable bonds is 11. The third-order valence-electron chi connectivity index (χ3n) is 5.92. The third-order valence-corrected chi connectivity index (χ3v) is 5.92. The average molecular weight is 525 g/mol. The molecule has 1 aliphatic rings. The van der Waals surface area contributed by atoms with Crippen LogP contribution in [0.1, 0.15) is 36.3 Å². The van der Waals surface area contributed by atoms with Crippen LogP contribution in [0.3, 0.4) is 0 Å². The normalized spacial score (nSPS) is 19.0. The zero-order valence-corrected chi connectivity index (χ0v) is 21.7. The molecule has 1 aromatic carbocycles. The van der Waals surface area contributed by atoms with Gasteiger partial charge in [-0.3, -0.25) is 24.3 Å². The molecule has 2 unspecified atom stereocenters. The number of nitrogens with one attached hydrogen (secondary N) is 2. The van der Waals surface area contributed by atoms with Gasteiger partial charge in [0.25, 0.3) is 5.91 Å². The minimum Gasteiger partial charge on any atom is -0.507 e. The van der Waals surface area contributed by atoms with E-state index in [1.54, 1.807) is 14.1 Å². The van der Waals surface area contributed by atoms with Crippen molar-refractivity contribution in [2.75, 3.05) is 14.1 Å². The van der Waals surface area contributed by atoms with Gasteiger partial charge >= 0.3 is 19.1 Å². The van der Waals surface area contributed by atoms with Gasteiger partial charge in [-0.1, -0.05) is 44.2 Å². The Morgan fingerprint density at radius 3 is 2.42 bits per heavy atom. The van der Waals surface area contributed by atoms with Crippen LogP contribution in [0.25, 0.3) is 0 Å². The van der Waals surface area contributed by atoms with Crippen molar-refractivity contribution >= 4 is 30.9 Å². The summed E-state index contributed by atoms with van der Waals surface area (Å²) in [6, 6.07) is 6.96. The third kappa shape index (κ3) is 7.59. The first-order valence-corrected chi connectivity index (χ1v) is 12.2. The Morgan fingerprint density at radius 1 is 1.13 bits per heavy atom. The van der Waals surface area contributed by atoms with Crippen LogP contribution in [0.4, 0.5) is 0 Å². The Bertz CT molecular complexity index is 1120. The number of hydrogen-bond acceptors (Lipinski definition) is 9. The van der Waals surface area contributed by atoms with Gasteiger partial charge in [-0.25, -0.2) is 9.78 Å². The van der Waals surface area contributed by atoms with Crippen LogP contribution < -0.4 is 10.6 Å². The molecule has 2 heterocycles. The van der Waals surface area contributed by atoms with E-state index in [1.807, 2.05) is 44.2 Å². The average Bonchev–Trinajstić information content (AvgIpc) is 2.87. The molecule has 1 aromatic heterocycles. The smallest absolute Gasteiger partial charge is 0.507 e. The van der Waals surface area contributed by atoms with Crippen molar-refractivity contribution in [3.8, 4) is 0 Å². The topological polar surface area (TPSA) is 160 Å². The number of nitrogens with zero attached hydrogens (tertiary/aromatic N) is 3. The Morgan fingerprint density at radius 2 is 1.84 bits per heavy atom. The van der Waals surface area contributed by atoms with Gasteiger partial charge in [-0.15, -0.1) is 0 Å². The molecule has 1 aliphatic heterocycles. The van der Waals surface area contributed by atoms with Crippen molar-refractivity contribution in [1.82, 2.24) is 25.5 Å². The standard InChI is InChI=1S/C25H32BN5O7/c1-15(2)12-19(26-37-21(24(34)35)20(31(3)4)25(36)38-26)30-22(32)17(13-16-8-6-5-7-9-16)29-23(33)18-14-27-10-11-28-18/h5-11,14-15,17,19-21H,12-13H2,1-4H3,(H,29,33)(H,30,32)(H,34,35)/t17?,19?,20-,21+/m0/s1. The predicted molar refractivity (Wildman–Crippen MR) is 137 cm³/mol. The molecule has 12 nitrogen and oxygen atoms in total. The Kier molecular flexibility index (Phi) is 9.91. The SMILES string of the molecule is CC(C)CC(NC(=O)C(Cc1ccccc1)NC(=O)c1cnccn1)B1OC(=O)[C@@H](N(C)C)[C@H](C(=O)O)O1. The van der Waals surface area contributed by atoms with Gasteiger partial charge in [0.15, 0.2) is 6.10 Å². The molecule has 0 bridgehead atoms. The summed E-state index contributed by atoms with van der Waals surface area (Å²) < 4.78 is 11.2. The molecule has 202 valence electrons. The van der Waals surface area contributed by atoms with Crippen molar-refractivity contribution in [2.45, 2.75) is 50.8 Å². The van der Waals surface area contributed by atoms with E-state index in [2.05, 4.69) is 20.6 Å². The second-order valence-electron chi connectivity index (χ2n) is 9.66. The lowest BCUT2D eigenvalue weighted by Gasteiger charge is -2.37. The summed E-state index contributed by atoms with van der Waals surface area (Å²) in [4.78, 5) is 60.2. The number of likely N-dealkylation sites (N-methyl/N-ethyl adjacent to an activating group) is 1. The van der Waals surface area contributed by atoms with Crippen molar-refractivity contribution in [3.63, 3.8) is 0 Å². The van der Waals surface area contributed by atoms with E-state index in [4.69, 9.17) is 9.31 Å². The first-order chi connectivity index (χ1) is 18.1. The van der Waals surface area contributed by atoms with E-state index in [-0.39, 0.29) is 18.0 Å². The maximum atomic E-state index is 13.5. The Labute approximate surface area is 221 Å². The van der Waals surface area contributed by atoms with Gasteiger partial charge in [-0.2, -0.15) is 0 Å². The number of amides is 2. The second kappa shape index (κ2) is 13.1. The highest BCUT2D eigenvalue weighted by Gasteiger charge is 2.50. The van der Waals surface area contributed by atoms with E-state index >= 15 is 0 Å². The van der Waals surface area contributed by atoms with Gasteiger partial charge in [0.2, 0.25) is 5.91 Å². The Balaban J connectivity index is 1.84. The number of carbonyl (C=O) groups excluding carboxylic acids is 3. The quantitative estimate of drug-likeness (QED) is 0.349. The van der Waals surface area contributed by atoms with Crippen LogP contribution >= 0.6 is 0 Å². The largest absolute Gasteiger partial charge is 0.552 e. The van der Waals surface area contributed by atoms with Crippen molar-refractivity contribution < 1.29 is 33.6 Å². The molecule has 13 heteroatoms. The molecule has 38 heavy (non-hydrogen) atoms. The maximum Gasteiger partial charge on any atom is 0.552 e. The number of carbonyl (C=O) groups is 4. The molecule has 0 saturated carbocycles. The zero-order valence-electron chi connectivity index (χ0n) is 21.7. The van der Waals surface area contributed by atoms with Gasteiger partial charge in [0.05, 0.1) is 12.1 Å². The van der Waals surface area contributed by atoms with Crippen LogP contribution in [0.5, 0.6) is 0 Å². The van der Waals surface area contributed by atoms with Crippen molar-refractivity contribution in [1.29, 1.82) is 0 Å². The monoisotopic (exact) mass is 525 g/mol. The van der Waals surface area contributed by atoms with Crippen LogP contribution in [-0.2, 0) is 30.1 Å². The molecule has 3 N–H and O–H groups in total. The highest BCUT2D eigenvalue weighted by Crippen LogP contribution is 2.21. The summed E-state index contributed by atoms with van der Waals surface area (Å²) in [5, 5.41) is 15.2. The van der Waals surface area contributed by atoms with Gasteiger partial charge in [-0.05, 0) is 32.0 Å². The number of hydrogen-bond donors (Lipinski definition) is 3. The summed E-state index contributed by atoms with van der Waals surface area (Å²) in [5.41, 5.74) is 0.841. The van der Waals surface area contributed by atoms with E-state index in [0.29, 0.717) is 6.42 Å². The second-order valence-corrected chi connectivity index (χ2v) is 9.66. The fourth-order valence-corrected chi connectivity index (χ4v) is 4.14. The van der Waals surface area contributed by atoms with Crippen molar-refractivity contribution in [3.05, 3.63) is 60.2 Å². The summed E-state index contributed by atoms with van der Waals surface area (Å²) in [7, 11) is 1.76. The van der Waals surface area contributed by atoms with Crippen LogP contribution in [0, 0.1) is 5.92 Å². The lowest BCUT2D eigenvalue weighted by Crippen LogP contribution is -2.64. The summed E-state index contributed by atoms with van der Waals surface area (Å²) in [6.07, 6.45) is 3.08. The molecule has 0 spiro atoms. The van der Waals surface area contributed by atoms with E-state index in [9.17, 15) is 24.3 Å².